The van der Waals surface area contributed by atoms with Crippen LogP contribution in [0.3, 0.4) is 0 Å². The number of oxazole rings is 2. The van der Waals surface area contributed by atoms with E-state index >= 15 is 0 Å². The minimum Gasteiger partial charge on any atom is -0.438 e. The van der Waals surface area contributed by atoms with Crippen LogP contribution in [0.15, 0.2) is 15.0 Å². The van der Waals surface area contributed by atoms with Gasteiger partial charge in [0, 0.05) is 13.3 Å². The summed E-state index contributed by atoms with van der Waals surface area (Å²) in [6.45, 7) is 2.51. The van der Waals surface area contributed by atoms with Gasteiger partial charge in [-0.05, 0) is 25.3 Å². The summed E-state index contributed by atoms with van der Waals surface area (Å²) in [6.07, 6.45) is 4.54. The molecule has 17 heavy (non-hydrogen) atoms. The summed E-state index contributed by atoms with van der Waals surface area (Å²) in [4.78, 5) is 8.52. The molecule has 5 heteroatoms. The predicted molar refractivity (Wildman–Crippen MR) is 61.3 cm³/mol. The summed E-state index contributed by atoms with van der Waals surface area (Å²) in [6, 6.07) is 0. The number of rotatable bonds is 2. The van der Waals surface area contributed by atoms with Crippen molar-refractivity contribution in [2.75, 3.05) is 6.54 Å². The van der Waals surface area contributed by atoms with Crippen molar-refractivity contribution in [3.8, 4) is 11.7 Å². The van der Waals surface area contributed by atoms with Crippen molar-refractivity contribution in [2.24, 2.45) is 11.7 Å². The Bertz CT molecular complexity index is 530. The molecule has 2 aromatic rings. The molecule has 1 aliphatic rings. The molecule has 0 saturated carbocycles. The van der Waals surface area contributed by atoms with Gasteiger partial charge in [0.05, 0.1) is 11.9 Å². The van der Waals surface area contributed by atoms with Crippen molar-refractivity contribution in [3.05, 3.63) is 23.5 Å². The van der Waals surface area contributed by atoms with Crippen molar-refractivity contribution in [2.45, 2.75) is 26.2 Å². The van der Waals surface area contributed by atoms with E-state index < -0.39 is 0 Å². The van der Waals surface area contributed by atoms with Crippen LogP contribution in [0.1, 0.15) is 23.8 Å². The summed E-state index contributed by atoms with van der Waals surface area (Å²) in [7, 11) is 0. The Morgan fingerprint density at radius 1 is 1.47 bits per heavy atom. The van der Waals surface area contributed by atoms with E-state index in [1.807, 2.05) is 0 Å². The molecule has 1 aliphatic carbocycles. The zero-order valence-corrected chi connectivity index (χ0v) is 9.77. The quantitative estimate of drug-likeness (QED) is 0.854. The molecular formula is C12H15N3O2. The van der Waals surface area contributed by atoms with Crippen molar-refractivity contribution >= 4 is 0 Å². The van der Waals surface area contributed by atoms with Gasteiger partial charge < -0.3 is 14.6 Å². The zero-order valence-electron chi connectivity index (χ0n) is 9.77. The van der Waals surface area contributed by atoms with Gasteiger partial charge in [-0.25, -0.2) is 9.97 Å². The fraction of sp³-hybridized carbons (Fsp3) is 0.500. The maximum atomic E-state index is 5.71. The molecule has 90 valence electrons. The standard InChI is InChI=1S/C12H15N3O2/c1-7-14-6-11(16-7)12-15-9-4-8(5-13)2-3-10(9)17-12/h6,8H,2-5,13H2,1H3. The van der Waals surface area contributed by atoms with Crippen LogP contribution in [-0.2, 0) is 12.8 Å². The van der Waals surface area contributed by atoms with Gasteiger partial charge in [-0.3, -0.25) is 0 Å². The van der Waals surface area contributed by atoms with Crippen LogP contribution >= 0.6 is 0 Å². The first kappa shape index (κ1) is 10.5. The van der Waals surface area contributed by atoms with E-state index in [1.165, 1.54) is 0 Å². The van der Waals surface area contributed by atoms with Crippen LogP contribution in [-0.4, -0.2) is 16.5 Å². The molecule has 0 aliphatic heterocycles. The van der Waals surface area contributed by atoms with E-state index in [0.29, 0.717) is 30.0 Å². The van der Waals surface area contributed by atoms with Crippen LogP contribution in [0, 0.1) is 12.8 Å². The first-order valence-corrected chi connectivity index (χ1v) is 5.87. The fourth-order valence-corrected chi connectivity index (χ4v) is 2.22. The molecule has 0 spiro atoms. The smallest absolute Gasteiger partial charge is 0.265 e. The first-order valence-electron chi connectivity index (χ1n) is 5.87. The van der Waals surface area contributed by atoms with E-state index in [9.17, 15) is 0 Å². The highest BCUT2D eigenvalue weighted by molar-refractivity contribution is 5.43. The Hall–Kier alpha value is -1.62. The van der Waals surface area contributed by atoms with Crippen molar-refractivity contribution < 1.29 is 8.83 Å². The van der Waals surface area contributed by atoms with Gasteiger partial charge in [0.15, 0.2) is 5.89 Å². The molecule has 0 radical (unpaired) electrons. The van der Waals surface area contributed by atoms with E-state index in [2.05, 4.69) is 9.97 Å². The Labute approximate surface area is 99.0 Å². The van der Waals surface area contributed by atoms with Crippen LogP contribution in [0.2, 0.25) is 0 Å². The number of fused-ring (bicyclic) bond motifs is 1. The third-order valence-corrected chi connectivity index (χ3v) is 3.21. The molecule has 0 bridgehead atoms. The Kier molecular flexibility index (Phi) is 2.48. The summed E-state index contributed by atoms with van der Waals surface area (Å²) in [5, 5.41) is 0. The third-order valence-electron chi connectivity index (χ3n) is 3.21. The molecule has 2 aromatic heterocycles. The van der Waals surface area contributed by atoms with Gasteiger partial charge in [-0.1, -0.05) is 0 Å². The number of nitrogens with zero attached hydrogens (tertiary/aromatic N) is 2. The third kappa shape index (κ3) is 1.86. The highest BCUT2D eigenvalue weighted by Gasteiger charge is 2.24. The van der Waals surface area contributed by atoms with Crippen molar-refractivity contribution in [1.82, 2.24) is 9.97 Å². The van der Waals surface area contributed by atoms with E-state index in [1.54, 1.807) is 13.1 Å². The van der Waals surface area contributed by atoms with Crippen LogP contribution in [0.4, 0.5) is 0 Å². The van der Waals surface area contributed by atoms with E-state index in [4.69, 9.17) is 14.6 Å². The van der Waals surface area contributed by atoms with E-state index in [0.717, 1.165) is 30.7 Å². The average molecular weight is 233 g/mol. The van der Waals surface area contributed by atoms with Gasteiger partial charge >= 0.3 is 0 Å². The maximum Gasteiger partial charge on any atom is 0.265 e. The molecule has 0 amide bonds. The SMILES string of the molecule is Cc1ncc(-c2nc3c(o2)CCC(CN)C3)o1. The van der Waals surface area contributed by atoms with Crippen molar-refractivity contribution in [3.63, 3.8) is 0 Å². The lowest BCUT2D eigenvalue weighted by molar-refractivity contribution is 0.409. The second kappa shape index (κ2) is 4.00. The van der Waals surface area contributed by atoms with Crippen LogP contribution < -0.4 is 5.73 Å². The number of aromatic nitrogens is 2. The molecule has 1 atom stereocenters. The molecule has 0 saturated heterocycles. The van der Waals surface area contributed by atoms with Gasteiger partial charge in [0.2, 0.25) is 5.76 Å². The van der Waals surface area contributed by atoms with Gasteiger partial charge in [0.1, 0.15) is 5.76 Å². The molecule has 1 unspecified atom stereocenters. The number of aryl methyl sites for hydroxylation is 2. The topological polar surface area (TPSA) is 78.1 Å². The number of hydrogen-bond donors (Lipinski definition) is 1. The lowest BCUT2D eigenvalue weighted by Gasteiger charge is -2.17. The highest BCUT2D eigenvalue weighted by atomic mass is 16.4. The fourth-order valence-electron chi connectivity index (χ4n) is 2.22. The molecule has 0 aromatic carbocycles. The minimum absolute atomic E-state index is 0.525. The van der Waals surface area contributed by atoms with Gasteiger partial charge in [0.25, 0.3) is 5.89 Å². The normalized spacial score (nSPS) is 19.3. The summed E-state index contributed by atoms with van der Waals surface area (Å²) < 4.78 is 11.1. The number of nitrogens with two attached hydrogens (primary N) is 1. The maximum absolute atomic E-state index is 5.71. The Balaban J connectivity index is 1.92. The average Bonchev–Trinajstić information content (AvgIpc) is 2.93. The molecule has 2 heterocycles. The zero-order chi connectivity index (χ0) is 11.8. The lowest BCUT2D eigenvalue weighted by Crippen LogP contribution is -2.21. The Morgan fingerprint density at radius 2 is 2.35 bits per heavy atom. The minimum atomic E-state index is 0.525. The Morgan fingerprint density at radius 3 is 3.06 bits per heavy atom. The van der Waals surface area contributed by atoms with Crippen molar-refractivity contribution in [1.29, 1.82) is 0 Å². The largest absolute Gasteiger partial charge is 0.438 e. The molecule has 2 N–H and O–H groups in total. The molecule has 0 fully saturated rings. The summed E-state index contributed by atoms with van der Waals surface area (Å²) >= 11 is 0. The first-order chi connectivity index (χ1) is 8.26. The van der Waals surface area contributed by atoms with Crippen LogP contribution in [0.5, 0.6) is 0 Å². The molecule has 3 rings (SSSR count). The highest BCUT2D eigenvalue weighted by Crippen LogP contribution is 2.29. The second-order valence-electron chi connectivity index (χ2n) is 4.48. The lowest BCUT2D eigenvalue weighted by atomic mass is 9.90. The monoisotopic (exact) mass is 233 g/mol. The van der Waals surface area contributed by atoms with Gasteiger partial charge in [-0.15, -0.1) is 0 Å². The number of hydrogen-bond acceptors (Lipinski definition) is 5. The van der Waals surface area contributed by atoms with Gasteiger partial charge in [-0.2, -0.15) is 0 Å². The van der Waals surface area contributed by atoms with E-state index in [-0.39, 0.29) is 0 Å². The molecular weight excluding hydrogens is 218 g/mol. The second-order valence-corrected chi connectivity index (χ2v) is 4.48. The summed E-state index contributed by atoms with van der Waals surface area (Å²) in [5.74, 6) is 3.25. The summed E-state index contributed by atoms with van der Waals surface area (Å²) in [5.41, 5.74) is 6.72. The molecule has 5 nitrogen and oxygen atoms in total. The predicted octanol–water partition coefficient (Wildman–Crippen LogP) is 1.70. The van der Waals surface area contributed by atoms with Crippen LogP contribution in [0.25, 0.3) is 11.7 Å².